The monoisotopic (exact) mass is 189 g/mol. The molecule has 0 saturated carbocycles. The van der Waals surface area contributed by atoms with E-state index in [0.717, 1.165) is 0 Å². The molecule has 13 heavy (non-hydrogen) atoms. The van der Waals surface area contributed by atoms with Crippen molar-refractivity contribution in [1.29, 1.82) is 0 Å². The number of carbonyl (C=O) groups is 1. The van der Waals surface area contributed by atoms with E-state index in [0.29, 0.717) is 19.3 Å². The van der Waals surface area contributed by atoms with Crippen LogP contribution in [0.4, 0.5) is 0 Å². The summed E-state index contributed by atoms with van der Waals surface area (Å²) in [6, 6.07) is 0. The molecule has 5 nitrogen and oxygen atoms in total. The predicted molar refractivity (Wildman–Crippen MR) is 49.1 cm³/mol. The summed E-state index contributed by atoms with van der Waals surface area (Å²) in [5.74, 6) is -1.03. The predicted octanol–water partition coefficient (Wildman–Crippen LogP) is -0.569. The molecule has 1 atom stereocenters. The number of hydrogen-bond acceptors (Lipinski definition) is 4. The minimum Gasteiger partial charge on any atom is -0.480 e. The SMILES string of the molecule is C[C@](N)(CCCCB(O)O)C(=O)O. The van der Waals surface area contributed by atoms with Crippen LogP contribution < -0.4 is 5.73 Å². The van der Waals surface area contributed by atoms with Gasteiger partial charge in [-0.15, -0.1) is 0 Å². The molecule has 0 aromatic carbocycles. The lowest BCUT2D eigenvalue weighted by Gasteiger charge is -2.18. The van der Waals surface area contributed by atoms with Gasteiger partial charge in [0.25, 0.3) is 0 Å². The van der Waals surface area contributed by atoms with Gasteiger partial charge in [0.05, 0.1) is 0 Å². The first-order chi connectivity index (χ1) is 5.86. The number of carboxylic acids is 1. The van der Waals surface area contributed by atoms with Gasteiger partial charge in [0.15, 0.2) is 0 Å². The molecule has 0 rings (SSSR count). The Morgan fingerprint density at radius 2 is 2.00 bits per heavy atom. The fourth-order valence-corrected chi connectivity index (χ4v) is 0.926. The normalized spacial score (nSPS) is 15.1. The zero-order valence-electron chi connectivity index (χ0n) is 7.73. The van der Waals surface area contributed by atoms with Crippen LogP contribution in [0.25, 0.3) is 0 Å². The Kier molecular flexibility index (Phi) is 4.98. The second-order valence-electron chi connectivity index (χ2n) is 3.45. The van der Waals surface area contributed by atoms with Crippen LogP contribution in [0.2, 0.25) is 6.32 Å². The number of hydrogen-bond donors (Lipinski definition) is 4. The molecule has 0 aromatic heterocycles. The quantitative estimate of drug-likeness (QED) is 0.331. The average Bonchev–Trinajstić information content (AvgIpc) is 1.97. The fraction of sp³-hybridized carbons (Fsp3) is 0.857. The number of nitrogens with two attached hydrogens (primary N) is 1. The molecule has 0 unspecified atom stereocenters. The molecule has 0 saturated heterocycles. The van der Waals surface area contributed by atoms with Crippen molar-refractivity contribution in [2.75, 3.05) is 0 Å². The van der Waals surface area contributed by atoms with Crippen LogP contribution in [0.1, 0.15) is 26.2 Å². The van der Waals surface area contributed by atoms with Crippen molar-refractivity contribution < 1.29 is 19.9 Å². The lowest BCUT2D eigenvalue weighted by Crippen LogP contribution is -2.44. The van der Waals surface area contributed by atoms with Crippen LogP contribution in [0.3, 0.4) is 0 Å². The Bertz CT molecular complexity index is 172. The summed E-state index contributed by atoms with van der Waals surface area (Å²) >= 11 is 0. The van der Waals surface area contributed by atoms with E-state index in [-0.39, 0.29) is 6.32 Å². The molecule has 0 bridgehead atoms. The smallest absolute Gasteiger partial charge is 0.451 e. The largest absolute Gasteiger partial charge is 0.480 e. The topological polar surface area (TPSA) is 104 Å². The summed E-state index contributed by atoms with van der Waals surface area (Å²) in [5.41, 5.74) is 4.24. The molecule has 0 spiro atoms. The van der Waals surface area contributed by atoms with Crippen LogP contribution in [-0.2, 0) is 4.79 Å². The highest BCUT2D eigenvalue weighted by molar-refractivity contribution is 6.40. The van der Waals surface area contributed by atoms with Gasteiger partial charge in [-0.25, -0.2) is 0 Å². The van der Waals surface area contributed by atoms with Crippen molar-refractivity contribution in [2.24, 2.45) is 5.73 Å². The number of rotatable bonds is 6. The second-order valence-corrected chi connectivity index (χ2v) is 3.45. The molecule has 6 heteroatoms. The average molecular weight is 189 g/mol. The Morgan fingerprint density at radius 3 is 2.38 bits per heavy atom. The first kappa shape index (κ1) is 12.4. The minimum atomic E-state index is -1.31. The van der Waals surface area contributed by atoms with E-state index in [4.69, 9.17) is 20.9 Å². The van der Waals surface area contributed by atoms with E-state index in [1.807, 2.05) is 0 Å². The third-order valence-electron chi connectivity index (χ3n) is 1.90. The molecule has 0 aliphatic carbocycles. The van der Waals surface area contributed by atoms with Crippen molar-refractivity contribution in [3.8, 4) is 0 Å². The van der Waals surface area contributed by atoms with Gasteiger partial charge in [0.1, 0.15) is 5.54 Å². The molecule has 0 fully saturated rings. The van der Waals surface area contributed by atoms with Gasteiger partial charge in [-0.3, -0.25) is 4.79 Å². The van der Waals surface area contributed by atoms with Crippen molar-refractivity contribution in [1.82, 2.24) is 0 Å². The van der Waals surface area contributed by atoms with Crippen LogP contribution >= 0.6 is 0 Å². The number of unbranched alkanes of at least 4 members (excludes halogenated alkanes) is 1. The highest BCUT2D eigenvalue weighted by atomic mass is 16.4. The summed E-state index contributed by atoms with van der Waals surface area (Å²) in [5, 5.41) is 25.6. The molecule has 0 heterocycles. The summed E-state index contributed by atoms with van der Waals surface area (Å²) < 4.78 is 0. The van der Waals surface area contributed by atoms with Crippen LogP contribution in [0.15, 0.2) is 0 Å². The van der Waals surface area contributed by atoms with Gasteiger partial charge in [-0.2, -0.15) is 0 Å². The van der Waals surface area contributed by atoms with E-state index in [1.54, 1.807) is 0 Å². The van der Waals surface area contributed by atoms with E-state index in [1.165, 1.54) is 6.92 Å². The molecule has 5 N–H and O–H groups in total. The first-order valence-corrected chi connectivity index (χ1v) is 4.24. The van der Waals surface area contributed by atoms with Crippen LogP contribution in [0, 0.1) is 0 Å². The zero-order chi connectivity index (χ0) is 10.5. The number of carboxylic acid groups (broad SMARTS) is 1. The van der Waals surface area contributed by atoms with E-state index >= 15 is 0 Å². The summed E-state index contributed by atoms with van der Waals surface area (Å²) in [7, 11) is -1.31. The Balaban J connectivity index is 3.58. The summed E-state index contributed by atoms with van der Waals surface area (Å²) in [6.45, 7) is 1.45. The van der Waals surface area contributed by atoms with E-state index in [9.17, 15) is 4.79 Å². The Morgan fingerprint density at radius 1 is 1.46 bits per heavy atom. The lowest BCUT2D eigenvalue weighted by molar-refractivity contribution is -0.142. The second kappa shape index (κ2) is 5.21. The van der Waals surface area contributed by atoms with Crippen molar-refractivity contribution in [3.63, 3.8) is 0 Å². The van der Waals surface area contributed by atoms with Gasteiger partial charge in [0, 0.05) is 0 Å². The zero-order valence-corrected chi connectivity index (χ0v) is 7.73. The molecular weight excluding hydrogens is 173 g/mol. The fourth-order valence-electron chi connectivity index (χ4n) is 0.926. The van der Waals surface area contributed by atoms with Crippen molar-refractivity contribution in [3.05, 3.63) is 0 Å². The maximum absolute atomic E-state index is 10.5. The minimum absolute atomic E-state index is 0.260. The first-order valence-electron chi connectivity index (χ1n) is 4.24. The molecular formula is C7H16BNO4. The molecule has 0 aliphatic rings. The molecule has 76 valence electrons. The Hall–Kier alpha value is -0.585. The lowest BCUT2D eigenvalue weighted by atomic mass is 9.82. The van der Waals surface area contributed by atoms with Gasteiger partial charge >= 0.3 is 13.1 Å². The standard InChI is InChI=1S/C7H16BNO4/c1-7(9,6(10)11)4-2-3-5-8(12)13/h12-13H,2-5,9H2,1H3,(H,10,11)/t7-/m0/s1. The summed E-state index contributed by atoms with van der Waals surface area (Å²) in [4.78, 5) is 10.5. The summed E-state index contributed by atoms with van der Waals surface area (Å²) in [6.07, 6.45) is 1.75. The van der Waals surface area contributed by atoms with Crippen molar-refractivity contribution >= 4 is 13.1 Å². The third kappa shape index (κ3) is 5.62. The van der Waals surface area contributed by atoms with E-state index < -0.39 is 18.6 Å². The van der Waals surface area contributed by atoms with Gasteiger partial charge in [0.2, 0.25) is 0 Å². The molecule has 0 radical (unpaired) electrons. The maximum atomic E-state index is 10.5. The van der Waals surface area contributed by atoms with Crippen LogP contribution in [0.5, 0.6) is 0 Å². The van der Waals surface area contributed by atoms with Gasteiger partial charge in [-0.1, -0.05) is 12.8 Å². The molecule has 0 aliphatic heterocycles. The van der Waals surface area contributed by atoms with Crippen molar-refractivity contribution in [2.45, 2.75) is 38.0 Å². The van der Waals surface area contributed by atoms with Gasteiger partial charge < -0.3 is 20.9 Å². The van der Waals surface area contributed by atoms with Gasteiger partial charge in [-0.05, 0) is 19.7 Å². The van der Waals surface area contributed by atoms with E-state index in [2.05, 4.69) is 0 Å². The maximum Gasteiger partial charge on any atom is 0.451 e. The third-order valence-corrected chi connectivity index (χ3v) is 1.90. The highest BCUT2D eigenvalue weighted by Gasteiger charge is 2.26. The highest BCUT2D eigenvalue weighted by Crippen LogP contribution is 2.12. The molecule has 0 aromatic rings. The number of aliphatic carboxylic acids is 1. The molecule has 0 amide bonds. The Labute approximate surface area is 77.7 Å². The van der Waals surface area contributed by atoms with Crippen LogP contribution in [-0.4, -0.2) is 33.8 Å².